The van der Waals surface area contributed by atoms with Crippen LogP contribution in [0.4, 0.5) is 11.4 Å². The maximum Gasteiger partial charge on any atom is 0.269 e. The molecule has 0 unspecified atom stereocenters. The van der Waals surface area contributed by atoms with Crippen LogP contribution in [-0.2, 0) is 17.9 Å². The Bertz CT molecular complexity index is 585. The van der Waals surface area contributed by atoms with E-state index in [9.17, 15) is 10.1 Å². The average Bonchev–Trinajstić information content (AvgIpc) is 2.47. The summed E-state index contributed by atoms with van der Waals surface area (Å²) in [6.45, 7) is 0.953. The topological polar surface area (TPSA) is 64.4 Å². The zero-order valence-corrected chi connectivity index (χ0v) is 11.2. The highest BCUT2D eigenvalue weighted by molar-refractivity contribution is 5.45. The third-order valence-electron chi connectivity index (χ3n) is 2.96. The van der Waals surface area contributed by atoms with Crippen molar-refractivity contribution in [2.24, 2.45) is 0 Å². The highest BCUT2D eigenvalue weighted by Crippen LogP contribution is 2.20. The minimum Gasteiger partial charge on any atom is -0.381 e. The fourth-order valence-electron chi connectivity index (χ4n) is 1.94. The van der Waals surface area contributed by atoms with Crippen molar-refractivity contribution in [3.63, 3.8) is 0 Å². The van der Waals surface area contributed by atoms with Gasteiger partial charge in [0.25, 0.3) is 5.69 Å². The molecule has 0 aromatic heterocycles. The van der Waals surface area contributed by atoms with Gasteiger partial charge in [-0.1, -0.05) is 24.3 Å². The smallest absolute Gasteiger partial charge is 0.269 e. The normalized spacial score (nSPS) is 10.2. The number of nitro benzene ring substituents is 1. The van der Waals surface area contributed by atoms with E-state index in [-0.39, 0.29) is 5.69 Å². The molecular formula is C15H16N2O3. The number of benzene rings is 2. The highest BCUT2D eigenvalue weighted by atomic mass is 16.6. The van der Waals surface area contributed by atoms with Gasteiger partial charge in [0.1, 0.15) is 0 Å². The number of nitro groups is 1. The second-order valence-electron chi connectivity index (χ2n) is 4.36. The zero-order valence-electron chi connectivity index (χ0n) is 11.2. The second-order valence-corrected chi connectivity index (χ2v) is 4.36. The standard InChI is InChI=1S/C15H16N2O3/c1-20-11-13-9-15(17(18)19)8-7-12(13)10-16-14-5-3-2-4-6-14/h2-9,16H,10-11H2,1H3. The van der Waals surface area contributed by atoms with Gasteiger partial charge in [0, 0.05) is 31.5 Å². The Balaban J connectivity index is 2.16. The van der Waals surface area contributed by atoms with Crippen molar-refractivity contribution < 1.29 is 9.66 Å². The van der Waals surface area contributed by atoms with E-state index in [1.807, 2.05) is 30.3 Å². The van der Waals surface area contributed by atoms with Crippen molar-refractivity contribution in [1.82, 2.24) is 0 Å². The molecular weight excluding hydrogens is 256 g/mol. The summed E-state index contributed by atoms with van der Waals surface area (Å²) in [5.41, 5.74) is 2.90. The summed E-state index contributed by atoms with van der Waals surface area (Å²) in [6.07, 6.45) is 0. The molecule has 0 heterocycles. The van der Waals surface area contributed by atoms with Crippen molar-refractivity contribution in [2.45, 2.75) is 13.2 Å². The third-order valence-corrected chi connectivity index (χ3v) is 2.96. The average molecular weight is 272 g/mol. The molecule has 1 N–H and O–H groups in total. The molecule has 0 aliphatic rings. The van der Waals surface area contributed by atoms with Gasteiger partial charge in [-0.15, -0.1) is 0 Å². The Kier molecular flexibility index (Phi) is 4.68. The van der Waals surface area contributed by atoms with Gasteiger partial charge in [-0.2, -0.15) is 0 Å². The lowest BCUT2D eigenvalue weighted by Crippen LogP contribution is -2.04. The Hall–Kier alpha value is -2.40. The molecule has 0 radical (unpaired) electrons. The van der Waals surface area contributed by atoms with E-state index in [4.69, 9.17) is 4.74 Å². The van der Waals surface area contributed by atoms with E-state index < -0.39 is 4.92 Å². The van der Waals surface area contributed by atoms with Crippen LogP contribution < -0.4 is 5.32 Å². The van der Waals surface area contributed by atoms with Crippen molar-refractivity contribution in [3.05, 3.63) is 69.8 Å². The summed E-state index contributed by atoms with van der Waals surface area (Å²) in [7, 11) is 1.58. The lowest BCUT2D eigenvalue weighted by Gasteiger charge is -2.11. The van der Waals surface area contributed by atoms with Gasteiger partial charge in [0.2, 0.25) is 0 Å². The predicted molar refractivity (Wildman–Crippen MR) is 77.6 cm³/mol. The molecule has 0 saturated heterocycles. The maximum atomic E-state index is 10.8. The molecule has 0 atom stereocenters. The van der Waals surface area contributed by atoms with Crippen LogP contribution in [0.15, 0.2) is 48.5 Å². The molecule has 0 bridgehead atoms. The molecule has 5 nitrogen and oxygen atoms in total. The summed E-state index contributed by atoms with van der Waals surface area (Å²) >= 11 is 0. The van der Waals surface area contributed by atoms with Gasteiger partial charge in [0.15, 0.2) is 0 Å². The van der Waals surface area contributed by atoms with E-state index in [0.717, 1.165) is 16.8 Å². The Labute approximate surface area is 117 Å². The summed E-state index contributed by atoms with van der Waals surface area (Å²) < 4.78 is 5.10. The van der Waals surface area contributed by atoms with E-state index in [1.165, 1.54) is 6.07 Å². The van der Waals surface area contributed by atoms with Crippen LogP contribution in [0.5, 0.6) is 0 Å². The maximum absolute atomic E-state index is 10.8. The predicted octanol–water partition coefficient (Wildman–Crippen LogP) is 3.35. The largest absolute Gasteiger partial charge is 0.381 e. The fourth-order valence-corrected chi connectivity index (χ4v) is 1.94. The van der Waals surface area contributed by atoms with Gasteiger partial charge >= 0.3 is 0 Å². The lowest BCUT2D eigenvalue weighted by atomic mass is 10.1. The van der Waals surface area contributed by atoms with Crippen LogP contribution in [0.25, 0.3) is 0 Å². The van der Waals surface area contributed by atoms with Gasteiger partial charge in [-0.25, -0.2) is 0 Å². The molecule has 104 valence electrons. The number of nitrogens with one attached hydrogen (secondary N) is 1. The van der Waals surface area contributed by atoms with Crippen molar-refractivity contribution in [2.75, 3.05) is 12.4 Å². The number of para-hydroxylation sites is 1. The number of hydrogen-bond acceptors (Lipinski definition) is 4. The summed E-state index contributed by atoms with van der Waals surface area (Å²) in [4.78, 5) is 10.4. The van der Waals surface area contributed by atoms with Crippen molar-refractivity contribution >= 4 is 11.4 Å². The summed E-state index contributed by atoms with van der Waals surface area (Å²) in [6, 6.07) is 14.6. The fraction of sp³-hybridized carbons (Fsp3) is 0.200. The lowest BCUT2D eigenvalue weighted by molar-refractivity contribution is -0.385. The molecule has 0 fully saturated rings. The van der Waals surface area contributed by atoms with Crippen molar-refractivity contribution in [3.8, 4) is 0 Å². The third kappa shape index (κ3) is 3.55. The van der Waals surface area contributed by atoms with Gasteiger partial charge in [-0.05, 0) is 23.3 Å². The second kappa shape index (κ2) is 6.68. The number of anilines is 1. The molecule has 2 aromatic carbocycles. The summed E-state index contributed by atoms with van der Waals surface area (Å²) in [5, 5.41) is 14.1. The molecule has 0 aliphatic heterocycles. The molecule has 0 amide bonds. The van der Waals surface area contributed by atoms with Crippen LogP contribution in [0.2, 0.25) is 0 Å². The first-order valence-electron chi connectivity index (χ1n) is 6.25. The molecule has 2 rings (SSSR count). The van der Waals surface area contributed by atoms with Crippen LogP contribution in [0, 0.1) is 10.1 Å². The number of non-ortho nitro benzene ring substituents is 1. The molecule has 20 heavy (non-hydrogen) atoms. The van der Waals surface area contributed by atoms with Gasteiger partial charge in [-0.3, -0.25) is 10.1 Å². The molecule has 0 saturated carbocycles. The Morgan fingerprint density at radius 3 is 2.55 bits per heavy atom. The first-order chi connectivity index (χ1) is 9.70. The van der Waals surface area contributed by atoms with Crippen LogP contribution in [0.3, 0.4) is 0 Å². The number of rotatable bonds is 6. The number of ether oxygens (including phenoxy) is 1. The van der Waals surface area contributed by atoms with E-state index in [1.54, 1.807) is 19.2 Å². The van der Waals surface area contributed by atoms with Crippen LogP contribution >= 0.6 is 0 Å². The van der Waals surface area contributed by atoms with E-state index in [2.05, 4.69) is 5.32 Å². The quantitative estimate of drug-likeness (QED) is 0.647. The number of nitrogens with zero attached hydrogens (tertiary/aromatic N) is 1. The van der Waals surface area contributed by atoms with Gasteiger partial charge < -0.3 is 10.1 Å². The van der Waals surface area contributed by atoms with Gasteiger partial charge in [0.05, 0.1) is 11.5 Å². The first-order valence-corrected chi connectivity index (χ1v) is 6.25. The number of methoxy groups -OCH3 is 1. The molecule has 2 aromatic rings. The number of hydrogen-bond donors (Lipinski definition) is 1. The molecule has 0 spiro atoms. The first kappa shape index (κ1) is 14.0. The molecule has 5 heteroatoms. The monoisotopic (exact) mass is 272 g/mol. The highest BCUT2D eigenvalue weighted by Gasteiger charge is 2.10. The van der Waals surface area contributed by atoms with E-state index in [0.29, 0.717) is 13.2 Å². The minimum atomic E-state index is -0.395. The van der Waals surface area contributed by atoms with Crippen molar-refractivity contribution in [1.29, 1.82) is 0 Å². The van der Waals surface area contributed by atoms with Crippen LogP contribution in [0.1, 0.15) is 11.1 Å². The zero-order chi connectivity index (χ0) is 14.4. The Morgan fingerprint density at radius 2 is 1.90 bits per heavy atom. The Morgan fingerprint density at radius 1 is 1.15 bits per heavy atom. The molecule has 0 aliphatic carbocycles. The van der Waals surface area contributed by atoms with E-state index >= 15 is 0 Å². The SMILES string of the molecule is COCc1cc([N+](=O)[O-])ccc1CNc1ccccc1. The minimum absolute atomic E-state index is 0.0838. The van der Waals surface area contributed by atoms with Crippen LogP contribution in [-0.4, -0.2) is 12.0 Å². The summed E-state index contributed by atoms with van der Waals surface area (Å²) in [5.74, 6) is 0.